The number of hydrogen-bond donors (Lipinski definition) is 2. The molecule has 158 valence electrons. The van der Waals surface area contributed by atoms with Crippen molar-refractivity contribution in [2.24, 2.45) is 0 Å². The molecule has 8 nitrogen and oxygen atoms in total. The number of hydrogen-bond acceptors (Lipinski definition) is 4. The van der Waals surface area contributed by atoms with Gasteiger partial charge in [-0.05, 0) is 24.1 Å². The van der Waals surface area contributed by atoms with Crippen LogP contribution in [0.15, 0.2) is 34.9 Å². The number of H-pyrrole nitrogens is 1. The van der Waals surface area contributed by atoms with Crippen molar-refractivity contribution in [3.05, 3.63) is 52.2 Å². The van der Waals surface area contributed by atoms with Crippen LogP contribution in [0.5, 0.6) is 0 Å². The first-order valence-corrected chi connectivity index (χ1v) is 10.6. The zero-order valence-electron chi connectivity index (χ0n) is 16.9. The van der Waals surface area contributed by atoms with E-state index in [1.807, 2.05) is 31.2 Å². The molecule has 0 spiro atoms. The number of nitrogens with one attached hydrogen (secondary N) is 2. The van der Waals surface area contributed by atoms with Crippen LogP contribution >= 0.6 is 15.9 Å². The van der Waals surface area contributed by atoms with E-state index in [4.69, 9.17) is 6.57 Å². The summed E-state index contributed by atoms with van der Waals surface area (Å²) in [7, 11) is 1.27. The smallest absolute Gasteiger partial charge is 0.407 e. The standard InChI is InChI=1S/C21H24BrN5O3/c1-4-5-16(26-21(29)30-3)20(28)27-12-15(23-2)10-18(27)19-24-11-17(25-19)13-6-8-14(22)9-7-13/h6-9,11,15-16,18H,4-5,10,12H2,1,3H3,(H,24,25)(H,26,29)/t15-,16-,18-/m0/s1. The molecule has 0 bridgehead atoms. The maximum absolute atomic E-state index is 13.3. The van der Waals surface area contributed by atoms with Gasteiger partial charge in [-0.15, -0.1) is 0 Å². The molecule has 30 heavy (non-hydrogen) atoms. The molecule has 3 atom stereocenters. The van der Waals surface area contributed by atoms with Gasteiger partial charge in [-0.3, -0.25) is 4.79 Å². The highest BCUT2D eigenvalue weighted by Gasteiger charge is 2.43. The Balaban J connectivity index is 1.85. The Labute approximate surface area is 184 Å². The van der Waals surface area contributed by atoms with Crippen LogP contribution in [0.3, 0.4) is 0 Å². The highest BCUT2D eigenvalue weighted by Crippen LogP contribution is 2.34. The largest absolute Gasteiger partial charge is 0.453 e. The summed E-state index contributed by atoms with van der Waals surface area (Å²) in [6.07, 6.45) is 2.80. The van der Waals surface area contributed by atoms with Crippen molar-refractivity contribution in [3.8, 4) is 11.3 Å². The third-order valence-corrected chi connectivity index (χ3v) is 5.69. The second kappa shape index (κ2) is 9.76. The molecule has 1 aromatic carbocycles. The molecule has 0 saturated carbocycles. The van der Waals surface area contributed by atoms with Crippen molar-refractivity contribution in [1.29, 1.82) is 0 Å². The predicted octanol–water partition coefficient (Wildman–Crippen LogP) is 3.93. The van der Waals surface area contributed by atoms with Crippen molar-refractivity contribution in [3.63, 3.8) is 0 Å². The van der Waals surface area contributed by atoms with Crippen LogP contribution < -0.4 is 5.32 Å². The molecule has 2 aromatic rings. The van der Waals surface area contributed by atoms with Crippen molar-refractivity contribution in [2.45, 2.75) is 44.3 Å². The molecule has 1 fully saturated rings. The van der Waals surface area contributed by atoms with E-state index in [2.05, 4.69) is 40.8 Å². The number of halogens is 1. The summed E-state index contributed by atoms with van der Waals surface area (Å²) in [5.41, 5.74) is 1.82. The first-order chi connectivity index (χ1) is 14.5. The minimum atomic E-state index is -0.699. The zero-order chi connectivity index (χ0) is 21.7. The molecule has 2 heterocycles. The zero-order valence-corrected chi connectivity index (χ0v) is 18.5. The van der Waals surface area contributed by atoms with Gasteiger partial charge in [0.25, 0.3) is 0 Å². The van der Waals surface area contributed by atoms with Gasteiger partial charge < -0.3 is 24.8 Å². The molecule has 1 saturated heterocycles. The lowest BCUT2D eigenvalue weighted by atomic mass is 10.1. The van der Waals surface area contributed by atoms with Gasteiger partial charge in [-0.1, -0.05) is 41.4 Å². The molecular weight excluding hydrogens is 450 g/mol. The van der Waals surface area contributed by atoms with Crippen LogP contribution in [0, 0.1) is 6.57 Å². The maximum Gasteiger partial charge on any atom is 0.407 e. The molecular formula is C21H24BrN5O3. The number of methoxy groups -OCH3 is 1. The third-order valence-electron chi connectivity index (χ3n) is 5.16. The number of amides is 2. The summed E-state index contributed by atoms with van der Waals surface area (Å²) in [5, 5.41) is 2.62. The number of carbonyl (C=O) groups is 2. The first-order valence-electron chi connectivity index (χ1n) is 9.79. The highest BCUT2D eigenvalue weighted by atomic mass is 79.9. The van der Waals surface area contributed by atoms with E-state index in [0.717, 1.165) is 22.2 Å². The maximum atomic E-state index is 13.3. The normalized spacial score (nSPS) is 19.2. The molecule has 2 amide bonds. The number of ether oxygens (including phenoxy) is 1. The van der Waals surface area contributed by atoms with Crippen LogP contribution in [0.1, 0.15) is 38.1 Å². The second-order valence-corrected chi connectivity index (χ2v) is 8.11. The molecule has 2 N–H and O–H groups in total. The Bertz CT molecular complexity index is 937. The lowest BCUT2D eigenvalue weighted by Crippen LogP contribution is -2.48. The quantitative estimate of drug-likeness (QED) is 0.621. The molecule has 9 heteroatoms. The number of imidazole rings is 1. The Morgan fingerprint density at radius 1 is 1.43 bits per heavy atom. The van der Waals surface area contributed by atoms with Crippen LogP contribution in [-0.4, -0.2) is 52.6 Å². The van der Waals surface area contributed by atoms with Crippen molar-refractivity contribution in [1.82, 2.24) is 20.2 Å². The van der Waals surface area contributed by atoms with Gasteiger partial charge in [0.05, 0.1) is 38.0 Å². The SMILES string of the molecule is [C-]#[N+][C@H]1C[C@@H](c2ncc(-c3ccc(Br)cc3)[nH]2)N(C(=O)[C@H](CCC)NC(=O)OC)C1. The molecule has 1 aromatic heterocycles. The lowest BCUT2D eigenvalue weighted by molar-refractivity contribution is -0.134. The Hall–Kier alpha value is -2.86. The predicted molar refractivity (Wildman–Crippen MR) is 115 cm³/mol. The molecule has 1 aliphatic rings. The van der Waals surface area contributed by atoms with E-state index in [1.54, 1.807) is 11.1 Å². The molecule has 0 unspecified atom stereocenters. The Morgan fingerprint density at radius 2 is 2.17 bits per heavy atom. The summed E-state index contributed by atoms with van der Waals surface area (Å²) in [4.78, 5) is 38.1. The monoisotopic (exact) mass is 473 g/mol. The summed E-state index contributed by atoms with van der Waals surface area (Å²) >= 11 is 3.43. The number of rotatable bonds is 6. The van der Waals surface area contributed by atoms with Gasteiger partial charge in [0.2, 0.25) is 11.9 Å². The van der Waals surface area contributed by atoms with Crippen LogP contribution in [0.4, 0.5) is 4.79 Å². The second-order valence-electron chi connectivity index (χ2n) is 7.19. The van der Waals surface area contributed by atoms with Crippen molar-refractivity contribution < 1.29 is 14.3 Å². The molecule has 0 aliphatic carbocycles. The van der Waals surface area contributed by atoms with Crippen molar-refractivity contribution in [2.75, 3.05) is 13.7 Å². The number of aromatic nitrogens is 2. The number of benzene rings is 1. The lowest BCUT2D eigenvalue weighted by Gasteiger charge is -2.27. The van der Waals surface area contributed by atoms with Gasteiger partial charge in [0.15, 0.2) is 0 Å². The summed E-state index contributed by atoms with van der Waals surface area (Å²) in [5.74, 6) is 0.417. The minimum Gasteiger partial charge on any atom is -0.453 e. The van der Waals surface area contributed by atoms with Gasteiger partial charge in [0.1, 0.15) is 11.9 Å². The van der Waals surface area contributed by atoms with E-state index in [0.29, 0.717) is 25.2 Å². The fraction of sp³-hybridized carbons (Fsp3) is 0.429. The van der Waals surface area contributed by atoms with E-state index >= 15 is 0 Å². The first kappa shape index (κ1) is 21.8. The molecule has 1 aliphatic heterocycles. The fourth-order valence-electron chi connectivity index (χ4n) is 3.64. The summed E-state index contributed by atoms with van der Waals surface area (Å²) in [6.45, 7) is 9.69. The Morgan fingerprint density at radius 3 is 2.80 bits per heavy atom. The number of carbonyl (C=O) groups excluding carboxylic acids is 2. The van der Waals surface area contributed by atoms with Gasteiger partial charge in [-0.25, -0.2) is 16.4 Å². The van der Waals surface area contributed by atoms with Crippen molar-refractivity contribution >= 4 is 27.9 Å². The number of nitrogens with zero attached hydrogens (tertiary/aromatic N) is 3. The number of likely N-dealkylation sites (tertiary alicyclic amines) is 1. The number of aromatic amines is 1. The number of alkyl carbamates (subject to hydrolysis) is 1. The van der Waals surface area contributed by atoms with Crippen LogP contribution in [0.2, 0.25) is 0 Å². The summed E-state index contributed by atoms with van der Waals surface area (Å²) in [6, 6.07) is 6.49. The highest BCUT2D eigenvalue weighted by molar-refractivity contribution is 9.10. The van der Waals surface area contributed by atoms with Crippen LogP contribution in [-0.2, 0) is 9.53 Å². The van der Waals surface area contributed by atoms with Crippen LogP contribution in [0.25, 0.3) is 16.1 Å². The average Bonchev–Trinajstić information content (AvgIpc) is 3.40. The third kappa shape index (κ3) is 4.82. The fourth-order valence-corrected chi connectivity index (χ4v) is 3.90. The topological polar surface area (TPSA) is 91.7 Å². The minimum absolute atomic E-state index is 0.222. The molecule has 3 rings (SSSR count). The Kier molecular flexibility index (Phi) is 7.11. The molecule has 0 radical (unpaired) electrons. The average molecular weight is 474 g/mol. The van der Waals surface area contributed by atoms with E-state index in [-0.39, 0.29) is 18.0 Å². The van der Waals surface area contributed by atoms with E-state index < -0.39 is 12.1 Å². The summed E-state index contributed by atoms with van der Waals surface area (Å²) < 4.78 is 5.65. The van der Waals surface area contributed by atoms with E-state index in [9.17, 15) is 9.59 Å². The van der Waals surface area contributed by atoms with Gasteiger partial charge in [0, 0.05) is 4.47 Å². The van der Waals surface area contributed by atoms with Gasteiger partial charge >= 0.3 is 6.09 Å². The van der Waals surface area contributed by atoms with Gasteiger partial charge in [-0.2, -0.15) is 0 Å². The van der Waals surface area contributed by atoms with E-state index in [1.165, 1.54) is 7.11 Å².